The summed E-state index contributed by atoms with van der Waals surface area (Å²) in [6.45, 7) is 38.7. The highest BCUT2D eigenvalue weighted by Gasteiger charge is 2.56. The zero-order chi connectivity index (χ0) is 37.7. The maximum Gasteiger partial charge on any atom is 0.330 e. The van der Waals surface area contributed by atoms with Crippen molar-refractivity contribution in [1.82, 2.24) is 5.32 Å². The van der Waals surface area contributed by atoms with Crippen molar-refractivity contribution in [2.24, 2.45) is 0 Å². The lowest BCUT2D eigenvalue weighted by atomic mass is 9.85. The Labute approximate surface area is 306 Å². The van der Waals surface area contributed by atoms with Crippen molar-refractivity contribution in [2.75, 3.05) is 6.61 Å². The molecular formula is C43H67NO4Si2. The molecule has 1 N–H and O–H groups in total. The number of rotatable bonds is 13. The second-order valence-electron chi connectivity index (χ2n) is 17.1. The molecule has 0 bridgehead atoms. The van der Waals surface area contributed by atoms with E-state index in [9.17, 15) is 4.79 Å². The number of ether oxygens (including phenoxy) is 1. The molecule has 0 aliphatic carbocycles. The number of aryl methyl sites for hydroxylation is 3. The van der Waals surface area contributed by atoms with Crippen molar-refractivity contribution >= 4 is 33.4 Å². The topological polar surface area (TPSA) is 56.8 Å². The fourth-order valence-corrected chi connectivity index (χ4v) is 20.7. The molecule has 1 heterocycles. The van der Waals surface area contributed by atoms with E-state index in [0.29, 0.717) is 39.9 Å². The van der Waals surface area contributed by atoms with Gasteiger partial charge in [-0.2, -0.15) is 0 Å². The molecule has 0 aromatic heterocycles. The maximum atomic E-state index is 14.5. The third-order valence-electron chi connectivity index (χ3n) is 12.1. The molecule has 3 aromatic rings. The standard InChI is InChI=1S/C43H67NO4Si2/c1-18-46-42(45)43(17)38-37(39(44-43)36-32(15)23-31(14)24-33(36)16)40(47-49(25(2)3,26(4)5)27(6)7)34-21-19-20-22-35(34)41(38)48-50(28(8)9,29(10)11)30(12)13/h19-30,39,44H,18H2,1-17H3/t39-,43+/m1/s1. The largest absolute Gasteiger partial charge is 0.542 e. The smallest absolute Gasteiger partial charge is 0.330 e. The van der Waals surface area contributed by atoms with E-state index >= 15 is 0 Å². The molecule has 3 aromatic carbocycles. The van der Waals surface area contributed by atoms with Crippen LogP contribution in [0.3, 0.4) is 0 Å². The van der Waals surface area contributed by atoms with E-state index < -0.39 is 22.2 Å². The quantitative estimate of drug-likeness (QED) is 0.141. The van der Waals surface area contributed by atoms with Crippen LogP contribution in [0.5, 0.6) is 11.5 Å². The highest BCUT2D eigenvalue weighted by atomic mass is 28.4. The Morgan fingerprint density at radius 1 is 0.700 bits per heavy atom. The van der Waals surface area contributed by atoms with Gasteiger partial charge in [-0.15, -0.1) is 0 Å². The molecule has 0 saturated carbocycles. The number of carbonyl (C=O) groups is 1. The van der Waals surface area contributed by atoms with Crippen LogP contribution in [-0.4, -0.2) is 29.2 Å². The lowest BCUT2D eigenvalue weighted by Gasteiger charge is -2.45. The average Bonchev–Trinajstić information content (AvgIpc) is 3.31. The molecular weight excluding hydrogens is 651 g/mol. The molecule has 1 aliphatic rings. The lowest BCUT2D eigenvalue weighted by Crippen LogP contribution is -2.52. The molecule has 5 nitrogen and oxygen atoms in total. The molecule has 50 heavy (non-hydrogen) atoms. The summed E-state index contributed by atoms with van der Waals surface area (Å²) < 4.78 is 21.6. The average molecular weight is 718 g/mol. The summed E-state index contributed by atoms with van der Waals surface area (Å²) in [5.41, 5.74) is 7.64. The predicted molar refractivity (Wildman–Crippen MR) is 217 cm³/mol. The minimum atomic E-state index is -2.50. The molecule has 0 radical (unpaired) electrons. The Kier molecular flexibility index (Phi) is 11.9. The summed E-state index contributed by atoms with van der Waals surface area (Å²) in [7, 11) is -4.98. The number of hydrogen-bond acceptors (Lipinski definition) is 5. The van der Waals surface area contributed by atoms with Crippen molar-refractivity contribution in [2.45, 2.75) is 163 Å². The van der Waals surface area contributed by atoms with E-state index in [0.717, 1.165) is 33.4 Å². The fraction of sp³-hybridized carbons (Fsp3) is 0.605. The number of esters is 1. The Morgan fingerprint density at radius 2 is 1.10 bits per heavy atom. The van der Waals surface area contributed by atoms with E-state index in [4.69, 9.17) is 13.6 Å². The van der Waals surface area contributed by atoms with Gasteiger partial charge >= 0.3 is 5.97 Å². The Bertz CT molecular complexity index is 1640. The number of benzene rings is 3. The maximum absolute atomic E-state index is 14.5. The van der Waals surface area contributed by atoms with E-state index in [-0.39, 0.29) is 12.0 Å². The molecule has 0 unspecified atom stereocenters. The molecule has 7 heteroatoms. The molecule has 1 aliphatic heterocycles. The summed E-state index contributed by atoms with van der Waals surface area (Å²) in [5.74, 6) is 1.44. The Morgan fingerprint density at radius 3 is 1.50 bits per heavy atom. The molecule has 2 atom stereocenters. The first-order chi connectivity index (χ1) is 23.2. The summed E-state index contributed by atoms with van der Waals surface area (Å²) >= 11 is 0. The van der Waals surface area contributed by atoms with Gasteiger partial charge < -0.3 is 13.6 Å². The van der Waals surface area contributed by atoms with Gasteiger partial charge in [0.15, 0.2) is 0 Å². The number of carbonyl (C=O) groups excluding carboxylic acids is 1. The minimum absolute atomic E-state index is 0.289. The van der Waals surface area contributed by atoms with Crippen molar-refractivity contribution in [3.63, 3.8) is 0 Å². The summed E-state index contributed by atoms with van der Waals surface area (Å²) in [6, 6.07) is 12.8. The van der Waals surface area contributed by atoms with Crippen LogP contribution in [0.1, 0.15) is 136 Å². The minimum Gasteiger partial charge on any atom is -0.542 e. The van der Waals surface area contributed by atoms with Crippen molar-refractivity contribution < 1.29 is 18.4 Å². The summed E-state index contributed by atoms with van der Waals surface area (Å²) in [6.07, 6.45) is 0. The van der Waals surface area contributed by atoms with Gasteiger partial charge in [0, 0.05) is 21.9 Å². The van der Waals surface area contributed by atoms with Crippen LogP contribution < -0.4 is 14.2 Å². The summed E-state index contributed by atoms with van der Waals surface area (Å²) in [5, 5.41) is 6.00. The number of nitrogens with one attached hydrogen (secondary N) is 1. The zero-order valence-electron chi connectivity index (χ0n) is 34.3. The second-order valence-corrected chi connectivity index (χ2v) is 27.8. The van der Waals surface area contributed by atoms with E-state index in [2.05, 4.69) is 146 Å². The third kappa shape index (κ3) is 6.38. The monoisotopic (exact) mass is 717 g/mol. The highest BCUT2D eigenvalue weighted by Crippen LogP contribution is 2.58. The van der Waals surface area contributed by atoms with Crippen molar-refractivity contribution in [1.29, 1.82) is 0 Å². The van der Waals surface area contributed by atoms with Gasteiger partial charge in [-0.05, 0) is 84.6 Å². The van der Waals surface area contributed by atoms with Crippen LogP contribution in [0.4, 0.5) is 0 Å². The SMILES string of the molecule is CCOC(=O)[C@@]1(C)N[C@H](c2c(C)cc(C)cc2C)c2c1c(O[Si](C(C)C)(C(C)C)C(C)C)c1ccccc1c2O[Si](C(C)C)(C(C)C)C(C)C. The van der Waals surface area contributed by atoms with Gasteiger partial charge in [0.25, 0.3) is 16.6 Å². The predicted octanol–water partition coefficient (Wildman–Crippen LogP) is 12.3. The van der Waals surface area contributed by atoms with Crippen LogP contribution in [0.2, 0.25) is 33.2 Å². The van der Waals surface area contributed by atoms with Crippen LogP contribution in [-0.2, 0) is 15.1 Å². The van der Waals surface area contributed by atoms with Gasteiger partial charge in [0.1, 0.15) is 17.0 Å². The number of fused-ring (bicyclic) bond motifs is 2. The van der Waals surface area contributed by atoms with Crippen molar-refractivity contribution in [3.8, 4) is 11.5 Å². The first-order valence-corrected chi connectivity index (χ1v) is 23.5. The van der Waals surface area contributed by atoms with E-state index in [1.165, 1.54) is 22.3 Å². The van der Waals surface area contributed by atoms with Crippen LogP contribution >= 0.6 is 0 Å². The van der Waals surface area contributed by atoms with Crippen molar-refractivity contribution in [3.05, 3.63) is 69.8 Å². The van der Waals surface area contributed by atoms with E-state index in [1.807, 2.05) is 13.8 Å². The molecule has 0 spiro atoms. The Balaban J connectivity index is 2.34. The second kappa shape index (κ2) is 14.8. The molecule has 276 valence electrons. The zero-order valence-corrected chi connectivity index (χ0v) is 36.3. The molecule has 0 amide bonds. The van der Waals surface area contributed by atoms with Gasteiger partial charge in [-0.25, -0.2) is 4.79 Å². The molecule has 0 fully saturated rings. The normalized spacial score (nSPS) is 18.3. The number of hydrogen-bond donors (Lipinski definition) is 1. The summed E-state index contributed by atoms with van der Waals surface area (Å²) in [4.78, 5) is 14.5. The lowest BCUT2D eigenvalue weighted by molar-refractivity contribution is -0.150. The fourth-order valence-electron chi connectivity index (χ4n) is 10.2. The van der Waals surface area contributed by atoms with Gasteiger partial charge in [-0.1, -0.05) is 125 Å². The van der Waals surface area contributed by atoms with Gasteiger partial charge in [0.05, 0.1) is 12.6 Å². The van der Waals surface area contributed by atoms with Crippen LogP contribution in [0, 0.1) is 20.8 Å². The van der Waals surface area contributed by atoms with Crippen LogP contribution in [0.25, 0.3) is 10.8 Å². The van der Waals surface area contributed by atoms with Gasteiger partial charge in [0.2, 0.25) is 0 Å². The van der Waals surface area contributed by atoms with E-state index in [1.54, 1.807) is 0 Å². The highest BCUT2D eigenvalue weighted by molar-refractivity contribution is 6.79. The first-order valence-electron chi connectivity index (χ1n) is 19.2. The van der Waals surface area contributed by atoms with Gasteiger partial charge in [-0.3, -0.25) is 5.32 Å². The molecule has 0 saturated heterocycles. The third-order valence-corrected chi connectivity index (χ3v) is 24.0. The first kappa shape index (κ1) is 40.2. The molecule has 4 rings (SSSR count). The Hall–Kier alpha value is -2.62. The van der Waals surface area contributed by atoms with Crippen LogP contribution in [0.15, 0.2) is 36.4 Å².